The molecular weight excluding hydrogens is 259 g/mol. The summed E-state index contributed by atoms with van der Waals surface area (Å²) in [5, 5.41) is 8.67. The van der Waals surface area contributed by atoms with Crippen LogP contribution in [0.3, 0.4) is 0 Å². The molecule has 2 heterocycles. The van der Waals surface area contributed by atoms with Gasteiger partial charge in [0.1, 0.15) is 5.15 Å². The van der Waals surface area contributed by atoms with Gasteiger partial charge in [0, 0.05) is 0 Å². The molecule has 6 heteroatoms. The van der Waals surface area contributed by atoms with E-state index in [1.165, 1.54) is 18.2 Å². The second kappa shape index (κ2) is 4.70. The van der Waals surface area contributed by atoms with Crippen molar-refractivity contribution in [2.75, 3.05) is 0 Å². The van der Waals surface area contributed by atoms with Crippen LogP contribution in [0.1, 0.15) is 15.9 Å². The smallest absolute Gasteiger partial charge is 0.338 e. The van der Waals surface area contributed by atoms with Crippen molar-refractivity contribution < 1.29 is 14.3 Å². The van der Waals surface area contributed by atoms with E-state index in [1.807, 2.05) is 0 Å². The fourth-order valence-electron chi connectivity index (χ4n) is 1.49. The van der Waals surface area contributed by atoms with E-state index in [1.54, 1.807) is 13.0 Å². The lowest BCUT2D eigenvalue weighted by Gasteiger charge is -2.04. The Balaban J connectivity index is 2.52. The van der Waals surface area contributed by atoms with E-state index in [2.05, 4.69) is 9.97 Å². The van der Waals surface area contributed by atoms with Gasteiger partial charge in [0.05, 0.1) is 17.0 Å². The molecule has 1 N–H and O–H groups in total. The van der Waals surface area contributed by atoms with Crippen LogP contribution >= 0.6 is 11.6 Å². The molecule has 0 bridgehead atoms. The number of hydrogen-bond acceptors (Lipinski definition) is 3. The lowest BCUT2D eigenvalue weighted by molar-refractivity contribution is 0.0696. The summed E-state index contributed by atoms with van der Waals surface area (Å²) in [5.41, 5.74) is 1.23. The third-order valence-corrected chi connectivity index (χ3v) is 2.57. The van der Waals surface area contributed by atoms with Gasteiger partial charge in [-0.1, -0.05) is 11.6 Å². The summed E-state index contributed by atoms with van der Waals surface area (Å²) in [5.74, 6) is -1.78. The highest BCUT2D eigenvalue weighted by atomic mass is 35.5. The Hall–Kier alpha value is -2.01. The maximum Gasteiger partial charge on any atom is 0.338 e. The first-order valence-electron chi connectivity index (χ1n) is 5.02. The van der Waals surface area contributed by atoms with Crippen molar-refractivity contribution in [2.45, 2.75) is 6.92 Å². The molecule has 0 atom stereocenters. The van der Waals surface area contributed by atoms with Gasteiger partial charge < -0.3 is 5.11 Å². The number of carboxylic acid groups (broad SMARTS) is 1. The minimum Gasteiger partial charge on any atom is -0.478 e. The first kappa shape index (κ1) is 12.4. The van der Waals surface area contributed by atoms with E-state index in [0.29, 0.717) is 17.0 Å². The standard InChI is InChI=1S/C12H8ClFN2O2/c1-6-4-9(15-10(14)5-6)8-3-2-7(12(17)18)11(13)16-8/h2-5H,1H3,(H,17,18). The van der Waals surface area contributed by atoms with E-state index in [0.717, 1.165) is 0 Å². The van der Waals surface area contributed by atoms with Crippen molar-refractivity contribution in [3.05, 3.63) is 46.5 Å². The Morgan fingerprint density at radius 1 is 1.28 bits per heavy atom. The Kier molecular flexibility index (Phi) is 3.25. The summed E-state index contributed by atoms with van der Waals surface area (Å²) < 4.78 is 13.2. The van der Waals surface area contributed by atoms with Gasteiger partial charge in [-0.25, -0.2) is 14.8 Å². The average Bonchev–Trinajstić information content (AvgIpc) is 2.26. The maximum atomic E-state index is 13.2. The van der Waals surface area contributed by atoms with Crippen LogP contribution in [0.4, 0.5) is 4.39 Å². The molecule has 4 nitrogen and oxygen atoms in total. The van der Waals surface area contributed by atoms with Crippen LogP contribution in [0, 0.1) is 12.9 Å². The fourth-order valence-corrected chi connectivity index (χ4v) is 1.73. The zero-order chi connectivity index (χ0) is 13.3. The molecule has 0 radical (unpaired) electrons. The normalized spacial score (nSPS) is 10.4. The zero-order valence-electron chi connectivity index (χ0n) is 9.32. The van der Waals surface area contributed by atoms with Crippen molar-refractivity contribution in [1.82, 2.24) is 9.97 Å². The molecule has 0 unspecified atom stereocenters. The van der Waals surface area contributed by atoms with Crippen molar-refractivity contribution in [3.63, 3.8) is 0 Å². The predicted octanol–water partition coefficient (Wildman–Crippen LogP) is 2.94. The molecule has 0 aliphatic carbocycles. The van der Waals surface area contributed by atoms with E-state index >= 15 is 0 Å². The molecule has 0 saturated carbocycles. The molecule has 18 heavy (non-hydrogen) atoms. The lowest BCUT2D eigenvalue weighted by Crippen LogP contribution is -2.00. The number of aromatic carboxylic acids is 1. The molecule has 0 spiro atoms. The fraction of sp³-hybridized carbons (Fsp3) is 0.0833. The molecule has 0 amide bonds. The minimum atomic E-state index is -1.16. The largest absolute Gasteiger partial charge is 0.478 e. The van der Waals surface area contributed by atoms with Gasteiger partial charge in [0.15, 0.2) is 0 Å². The molecule has 2 aromatic heterocycles. The summed E-state index contributed by atoms with van der Waals surface area (Å²) in [4.78, 5) is 18.4. The molecule has 2 rings (SSSR count). The molecule has 0 saturated heterocycles. The molecule has 0 aliphatic rings. The Morgan fingerprint density at radius 3 is 2.56 bits per heavy atom. The average molecular weight is 267 g/mol. The second-order valence-corrected chi connectivity index (χ2v) is 4.05. The van der Waals surface area contributed by atoms with Crippen LogP contribution in [0.25, 0.3) is 11.4 Å². The van der Waals surface area contributed by atoms with Crippen LogP contribution < -0.4 is 0 Å². The van der Waals surface area contributed by atoms with Crippen molar-refractivity contribution in [3.8, 4) is 11.4 Å². The Bertz CT molecular complexity index is 611. The summed E-state index contributed by atoms with van der Waals surface area (Å²) in [6.07, 6.45) is 0. The van der Waals surface area contributed by atoms with Crippen molar-refractivity contribution in [2.24, 2.45) is 0 Å². The Morgan fingerprint density at radius 2 is 2.00 bits per heavy atom. The SMILES string of the molecule is Cc1cc(F)nc(-c2ccc(C(=O)O)c(Cl)n2)c1. The number of nitrogens with zero attached hydrogens (tertiary/aromatic N) is 2. The number of pyridine rings is 2. The number of hydrogen-bond donors (Lipinski definition) is 1. The lowest BCUT2D eigenvalue weighted by atomic mass is 10.2. The first-order valence-corrected chi connectivity index (χ1v) is 5.39. The molecule has 0 aliphatic heterocycles. The first-order chi connectivity index (χ1) is 8.47. The number of carbonyl (C=O) groups is 1. The third kappa shape index (κ3) is 2.46. The van der Waals surface area contributed by atoms with Gasteiger partial charge >= 0.3 is 5.97 Å². The third-order valence-electron chi connectivity index (χ3n) is 2.28. The van der Waals surface area contributed by atoms with Crippen molar-refractivity contribution >= 4 is 17.6 Å². The number of rotatable bonds is 2. The summed E-state index contributed by atoms with van der Waals surface area (Å²) in [6, 6.07) is 5.68. The van der Waals surface area contributed by atoms with Gasteiger partial charge in [0.25, 0.3) is 0 Å². The molecular formula is C12H8ClFN2O2. The van der Waals surface area contributed by atoms with Gasteiger partial charge in [0.2, 0.25) is 5.95 Å². The van der Waals surface area contributed by atoms with E-state index in [9.17, 15) is 9.18 Å². The Labute approximate surface area is 107 Å². The minimum absolute atomic E-state index is 0.103. The molecule has 0 fully saturated rings. The van der Waals surface area contributed by atoms with Gasteiger partial charge in [-0.15, -0.1) is 0 Å². The monoisotopic (exact) mass is 266 g/mol. The highest BCUT2D eigenvalue weighted by Gasteiger charge is 2.12. The maximum absolute atomic E-state index is 13.2. The number of halogens is 2. The quantitative estimate of drug-likeness (QED) is 0.849. The second-order valence-electron chi connectivity index (χ2n) is 3.69. The number of aryl methyl sites for hydroxylation is 1. The summed E-state index contributed by atoms with van der Waals surface area (Å²) in [7, 11) is 0. The summed E-state index contributed by atoms with van der Waals surface area (Å²) in [6.45, 7) is 1.72. The summed E-state index contributed by atoms with van der Waals surface area (Å²) >= 11 is 5.74. The zero-order valence-corrected chi connectivity index (χ0v) is 10.1. The van der Waals surface area contributed by atoms with Gasteiger partial charge in [-0.2, -0.15) is 4.39 Å². The van der Waals surface area contributed by atoms with Crippen LogP contribution in [0.5, 0.6) is 0 Å². The molecule has 0 aromatic carbocycles. The van der Waals surface area contributed by atoms with Crippen LogP contribution in [-0.4, -0.2) is 21.0 Å². The topological polar surface area (TPSA) is 63.1 Å². The molecule has 92 valence electrons. The highest BCUT2D eigenvalue weighted by Crippen LogP contribution is 2.21. The van der Waals surface area contributed by atoms with Crippen LogP contribution in [0.2, 0.25) is 5.15 Å². The highest BCUT2D eigenvalue weighted by molar-refractivity contribution is 6.32. The molecule has 2 aromatic rings. The van der Waals surface area contributed by atoms with Crippen LogP contribution in [0.15, 0.2) is 24.3 Å². The van der Waals surface area contributed by atoms with Gasteiger partial charge in [-0.3, -0.25) is 0 Å². The van der Waals surface area contributed by atoms with Crippen LogP contribution in [-0.2, 0) is 0 Å². The number of carboxylic acids is 1. The van der Waals surface area contributed by atoms with E-state index < -0.39 is 11.9 Å². The predicted molar refractivity (Wildman–Crippen MR) is 64.1 cm³/mol. The number of aromatic nitrogens is 2. The van der Waals surface area contributed by atoms with E-state index in [4.69, 9.17) is 16.7 Å². The van der Waals surface area contributed by atoms with Gasteiger partial charge in [-0.05, 0) is 36.8 Å². The van der Waals surface area contributed by atoms with Crippen molar-refractivity contribution in [1.29, 1.82) is 0 Å². The van der Waals surface area contributed by atoms with E-state index in [-0.39, 0.29) is 10.7 Å².